The van der Waals surface area contributed by atoms with Crippen molar-refractivity contribution in [3.05, 3.63) is 63.1 Å². The lowest BCUT2D eigenvalue weighted by atomic mass is 9.99. The van der Waals surface area contributed by atoms with Crippen molar-refractivity contribution in [2.45, 2.75) is 13.0 Å². The number of aliphatic hydroxyl groups excluding tert-OH is 1. The number of ether oxygens (including phenoxy) is 1. The molecule has 0 aromatic heterocycles. The molecule has 1 N–H and O–H groups in total. The monoisotopic (exact) mass is 342 g/mol. The fourth-order valence-electron chi connectivity index (χ4n) is 1.96. The minimum Gasteiger partial charge on any atom is -0.496 e. The first kappa shape index (κ1) is 14.9. The van der Waals surface area contributed by atoms with Crippen LogP contribution in [0.3, 0.4) is 0 Å². The highest BCUT2D eigenvalue weighted by molar-refractivity contribution is 9.10. The van der Waals surface area contributed by atoms with Crippen molar-refractivity contribution in [2.75, 3.05) is 7.11 Å². The van der Waals surface area contributed by atoms with E-state index in [-0.39, 0.29) is 5.56 Å². The molecule has 0 aliphatic heterocycles. The van der Waals surface area contributed by atoms with Crippen LogP contribution in [0.25, 0.3) is 0 Å². The molecule has 0 aliphatic rings. The van der Waals surface area contributed by atoms with Crippen LogP contribution in [0.5, 0.6) is 5.75 Å². The van der Waals surface area contributed by atoms with Gasteiger partial charge in [0.2, 0.25) is 0 Å². The van der Waals surface area contributed by atoms with Crippen LogP contribution in [0.15, 0.2) is 34.8 Å². The lowest BCUT2D eigenvalue weighted by Crippen LogP contribution is -2.06. The Labute approximate surface area is 124 Å². The Morgan fingerprint density at radius 3 is 2.55 bits per heavy atom. The first-order chi connectivity index (χ1) is 9.45. The summed E-state index contributed by atoms with van der Waals surface area (Å²) in [5.41, 5.74) is 1.16. The van der Waals surface area contributed by atoms with Gasteiger partial charge in [0.05, 0.1) is 7.11 Å². The molecule has 0 saturated carbocycles. The summed E-state index contributed by atoms with van der Waals surface area (Å²) >= 11 is 3.35. The van der Waals surface area contributed by atoms with Gasteiger partial charge in [0, 0.05) is 15.6 Å². The summed E-state index contributed by atoms with van der Waals surface area (Å²) in [7, 11) is 1.46. The minimum atomic E-state index is -1.31. The van der Waals surface area contributed by atoms with Gasteiger partial charge in [0.25, 0.3) is 0 Å². The van der Waals surface area contributed by atoms with Gasteiger partial charge in [-0.2, -0.15) is 0 Å². The third-order valence-electron chi connectivity index (χ3n) is 3.08. The first-order valence-electron chi connectivity index (χ1n) is 5.91. The summed E-state index contributed by atoms with van der Waals surface area (Å²) in [6.07, 6.45) is -1.31. The van der Waals surface area contributed by atoms with Crippen LogP contribution in [0.4, 0.5) is 8.78 Å². The van der Waals surface area contributed by atoms with Crippen LogP contribution >= 0.6 is 15.9 Å². The van der Waals surface area contributed by atoms with Crippen molar-refractivity contribution in [2.24, 2.45) is 0 Å². The molecule has 0 aliphatic carbocycles. The highest BCUT2D eigenvalue weighted by Crippen LogP contribution is 2.35. The molecule has 2 aromatic carbocycles. The zero-order chi connectivity index (χ0) is 14.9. The topological polar surface area (TPSA) is 29.5 Å². The number of aryl methyl sites for hydroxylation is 1. The van der Waals surface area contributed by atoms with E-state index in [0.717, 1.165) is 16.1 Å². The molecule has 0 bridgehead atoms. The number of halogens is 3. The van der Waals surface area contributed by atoms with E-state index in [0.29, 0.717) is 11.3 Å². The molecule has 0 amide bonds. The minimum absolute atomic E-state index is 0.126. The van der Waals surface area contributed by atoms with Gasteiger partial charge in [0.1, 0.15) is 11.9 Å². The average molecular weight is 343 g/mol. The van der Waals surface area contributed by atoms with Crippen LogP contribution in [-0.4, -0.2) is 12.2 Å². The van der Waals surface area contributed by atoms with Crippen molar-refractivity contribution in [3.63, 3.8) is 0 Å². The lowest BCUT2D eigenvalue weighted by molar-refractivity contribution is 0.208. The van der Waals surface area contributed by atoms with E-state index in [4.69, 9.17) is 4.74 Å². The maximum Gasteiger partial charge on any atom is 0.164 e. The van der Waals surface area contributed by atoms with Crippen LogP contribution in [-0.2, 0) is 0 Å². The summed E-state index contributed by atoms with van der Waals surface area (Å²) in [4.78, 5) is 0. The Bertz CT molecular complexity index is 644. The molecule has 1 atom stereocenters. The SMILES string of the molecule is COc1cc(C)c(Br)cc1C(O)c1cccc(F)c1F. The molecule has 2 aromatic rings. The van der Waals surface area contributed by atoms with Gasteiger partial charge in [-0.25, -0.2) is 8.78 Å². The van der Waals surface area contributed by atoms with Crippen molar-refractivity contribution in [1.29, 1.82) is 0 Å². The molecule has 5 heteroatoms. The Hall–Kier alpha value is -1.46. The Morgan fingerprint density at radius 1 is 1.20 bits per heavy atom. The quantitative estimate of drug-likeness (QED) is 0.908. The highest BCUT2D eigenvalue weighted by Gasteiger charge is 2.21. The predicted molar refractivity (Wildman–Crippen MR) is 75.9 cm³/mol. The summed E-state index contributed by atoms with van der Waals surface area (Å²) in [6.45, 7) is 1.87. The molecule has 2 rings (SSSR count). The van der Waals surface area contributed by atoms with E-state index in [1.54, 1.807) is 12.1 Å². The molecule has 0 spiro atoms. The number of methoxy groups -OCH3 is 1. The van der Waals surface area contributed by atoms with Crippen LogP contribution in [0, 0.1) is 18.6 Å². The highest BCUT2D eigenvalue weighted by atomic mass is 79.9. The largest absolute Gasteiger partial charge is 0.496 e. The zero-order valence-corrected chi connectivity index (χ0v) is 12.5. The average Bonchev–Trinajstić information content (AvgIpc) is 2.43. The predicted octanol–water partition coefficient (Wildman–Crippen LogP) is 4.13. The van der Waals surface area contributed by atoms with Crippen molar-refractivity contribution in [3.8, 4) is 5.75 Å². The zero-order valence-electron chi connectivity index (χ0n) is 11.0. The van der Waals surface area contributed by atoms with Crippen LogP contribution in [0.1, 0.15) is 22.8 Å². The summed E-state index contributed by atoms with van der Waals surface area (Å²) < 4.78 is 33.0. The van der Waals surface area contributed by atoms with E-state index < -0.39 is 17.7 Å². The molecule has 1 unspecified atom stereocenters. The summed E-state index contributed by atoms with van der Waals surface area (Å²) in [5.74, 6) is -1.63. The Kier molecular flexibility index (Phi) is 4.40. The van der Waals surface area contributed by atoms with Gasteiger partial charge < -0.3 is 9.84 Å². The molecule has 0 saturated heterocycles. The van der Waals surface area contributed by atoms with E-state index in [1.165, 1.54) is 19.2 Å². The molecular formula is C15H13BrF2O2. The van der Waals surface area contributed by atoms with Crippen molar-refractivity contribution >= 4 is 15.9 Å². The molecular weight excluding hydrogens is 330 g/mol. The second-order valence-corrected chi connectivity index (χ2v) is 5.24. The molecule has 2 nitrogen and oxygen atoms in total. The van der Waals surface area contributed by atoms with E-state index >= 15 is 0 Å². The molecule has 20 heavy (non-hydrogen) atoms. The van der Waals surface area contributed by atoms with Gasteiger partial charge in [-0.1, -0.05) is 28.1 Å². The summed E-state index contributed by atoms with van der Waals surface area (Å²) in [5, 5.41) is 10.3. The van der Waals surface area contributed by atoms with Gasteiger partial charge in [-0.3, -0.25) is 0 Å². The van der Waals surface area contributed by atoms with Gasteiger partial charge >= 0.3 is 0 Å². The second-order valence-electron chi connectivity index (χ2n) is 4.39. The van der Waals surface area contributed by atoms with Gasteiger partial charge in [-0.15, -0.1) is 0 Å². The van der Waals surface area contributed by atoms with E-state index in [9.17, 15) is 13.9 Å². The number of aliphatic hydroxyl groups is 1. The van der Waals surface area contributed by atoms with Crippen LogP contribution < -0.4 is 4.74 Å². The van der Waals surface area contributed by atoms with Crippen molar-refractivity contribution in [1.82, 2.24) is 0 Å². The van der Waals surface area contributed by atoms with Gasteiger partial charge in [0.15, 0.2) is 11.6 Å². The van der Waals surface area contributed by atoms with E-state index in [2.05, 4.69) is 15.9 Å². The number of hydrogen-bond acceptors (Lipinski definition) is 2. The number of rotatable bonds is 3. The number of benzene rings is 2. The Balaban J connectivity index is 2.55. The number of hydrogen-bond donors (Lipinski definition) is 1. The lowest BCUT2D eigenvalue weighted by Gasteiger charge is -2.17. The van der Waals surface area contributed by atoms with Crippen LogP contribution in [0.2, 0.25) is 0 Å². The maximum absolute atomic E-state index is 13.8. The van der Waals surface area contributed by atoms with Gasteiger partial charge in [-0.05, 0) is 30.7 Å². The smallest absolute Gasteiger partial charge is 0.164 e. The third-order valence-corrected chi connectivity index (χ3v) is 3.94. The maximum atomic E-state index is 13.8. The first-order valence-corrected chi connectivity index (χ1v) is 6.71. The van der Waals surface area contributed by atoms with E-state index in [1.807, 2.05) is 6.92 Å². The van der Waals surface area contributed by atoms with Crippen molar-refractivity contribution < 1.29 is 18.6 Å². The fourth-order valence-corrected chi connectivity index (χ4v) is 2.32. The molecule has 0 fully saturated rings. The third kappa shape index (κ3) is 2.69. The standard InChI is InChI=1S/C15H13BrF2O2/c1-8-6-13(20-2)10(7-11(8)16)15(19)9-4-3-5-12(17)14(9)18/h3-7,15,19H,1-2H3. The molecule has 0 radical (unpaired) electrons. The summed E-state index contributed by atoms with van der Waals surface area (Å²) in [6, 6.07) is 7.07. The second kappa shape index (κ2) is 5.89. The normalized spacial score (nSPS) is 12.3. The molecule has 0 heterocycles. The molecule has 106 valence electrons. The Morgan fingerprint density at radius 2 is 1.90 bits per heavy atom. The fraction of sp³-hybridized carbons (Fsp3) is 0.200.